The highest BCUT2D eigenvalue weighted by Crippen LogP contribution is 2.15. The summed E-state index contributed by atoms with van der Waals surface area (Å²) in [6.07, 6.45) is 1.48. The molecule has 0 radical (unpaired) electrons. The Morgan fingerprint density at radius 3 is 2.72 bits per heavy atom. The first kappa shape index (κ1) is 23.0. The lowest BCUT2D eigenvalue weighted by Crippen LogP contribution is -2.36. The molecule has 3 N–H and O–H groups in total. The van der Waals surface area contributed by atoms with Crippen LogP contribution in [0.25, 0.3) is 0 Å². The summed E-state index contributed by atoms with van der Waals surface area (Å²) in [4.78, 5) is 18.1. The van der Waals surface area contributed by atoms with Crippen molar-refractivity contribution >= 4 is 52.9 Å². The third-order valence-electron chi connectivity index (χ3n) is 4.08. The highest BCUT2D eigenvalue weighted by atomic mass is 127. The Hall–Kier alpha value is -2.33. The fourth-order valence-electron chi connectivity index (χ4n) is 2.61. The molecule has 0 aliphatic heterocycles. The van der Waals surface area contributed by atoms with E-state index >= 15 is 0 Å². The molecule has 0 bridgehead atoms. The van der Waals surface area contributed by atoms with Crippen LogP contribution in [0.2, 0.25) is 0 Å². The first-order valence-corrected chi connectivity index (χ1v) is 10.0. The number of carbonyl (C=O) groups is 1. The molecule has 0 spiro atoms. The maximum atomic E-state index is 12.1. The van der Waals surface area contributed by atoms with E-state index in [4.69, 9.17) is 4.42 Å². The van der Waals surface area contributed by atoms with Gasteiger partial charge >= 0.3 is 0 Å². The molecule has 3 rings (SSSR count). The molecule has 0 saturated heterocycles. The summed E-state index contributed by atoms with van der Waals surface area (Å²) in [6, 6.07) is 13.1. The second kappa shape index (κ2) is 11.6. The number of benzene rings is 1. The van der Waals surface area contributed by atoms with E-state index in [-0.39, 0.29) is 35.6 Å². The number of guanidine groups is 1. The van der Waals surface area contributed by atoms with Crippen molar-refractivity contribution in [3.8, 4) is 0 Å². The molecule has 0 aliphatic rings. The molecule has 29 heavy (non-hydrogen) atoms. The van der Waals surface area contributed by atoms with Crippen molar-refractivity contribution in [1.29, 1.82) is 0 Å². The standard InChI is InChI=1S/C21H24N4O2S.HI/c1-3-22-21(24-14-19-15(2)9-11-28-19)23-13-16-6-4-7-17(12-16)25-20(26)18-8-5-10-27-18;/h4-12H,3,13-14H2,1-2H3,(H,25,26)(H2,22,23,24);1H. The number of nitrogens with zero attached hydrogens (tertiary/aromatic N) is 1. The Labute approximate surface area is 191 Å². The molecule has 0 atom stereocenters. The van der Waals surface area contributed by atoms with Crippen LogP contribution in [0.1, 0.15) is 33.5 Å². The van der Waals surface area contributed by atoms with Crippen molar-refractivity contribution in [2.45, 2.75) is 26.9 Å². The molecule has 0 unspecified atom stereocenters. The largest absolute Gasteiger partial charge is 0.459 e. The van der Waals surface area contributed by atoms with E-state index in [1.165, 1.54) is 16.7 Å². The van der Waals surface area contributed by atoms with Crippen LogP contribution in [0.15, 0.2) is 63.5 Å². The van der Waals surface area contributed by atoms with Crippen molar-refractivity contribution in [1.82, 2.24) is 10.6 Å². The van der Waals surface area contributed by atoms with Crippen molar-refractivity contribution in [2.24, 2.45) is 4.99 Å². The van der Waals surface area contributed by atoms with Gasteiger partial charge in [-0.1, -0.05) is 12.1 Å². The lowest BCUT2D eigenvalue weighted by Gasteiger charge is -2.11. The quantitative estimate of drug-likeness (QED) is 0.236. The van der Waals surface area contributed by atoms with E-state index < -0.39 is 0 Å². The number of hydrogen-bond acceptors (Lipinski definition) is 4. The second-order valence-corrected chi connectivity index (χ2v) is 7.21. The van der Waals surface area contributed by atoms with Crippen molar-refractivity contribution < 1.29 is 9.21 Å². The fourth-order valence-corrected chi connectivity index (χ4v) is 3.46. The zero-order valence-electron chi connectivity index (χ0n) is 16.4. The summed E-state index contributed by atoms with van der Waals surface area (Å²) in [6.45, 7) is 6.19. The molecule has 6 nitrogen and oxygen atoms in total. The summed E-state index contributed by atoms with van der Waals surface area (Å²) in [5.41, 5.74) is 3.00. The topological polar surface area (TPSA) is 78.7 Å². The van der Waals surface area contributed by atoms with Crippen LogP contribution in [-0.4, -0.2) is 18.4 Å². The summed E-state index contributed by atoms with van der Waals surface area (Å²) in [5.74, 6) is 0.776. The van der Waals surface area contributed by atoms with Crippen LogP contribution in [-0.2, 0) is 13.1 Å². The number of aliphatic imine (C=N–C) groups is 1. The van der Waals surface area contributed by atoms with E-state index in [2.05, 4.69) is 39.3 Å². The number of anilines is 1. The maximum Gasteiger partial charge on any atom is 0.291 e. The SMILES string of the molecule is CCNC(=NCc1cccc(NC(=O)c2ccco2)c1)NCc1sccc1C.I. The van der Waals surface area contributed by atoms with E-state index in [1.807, 2.05) is 31.2 Å². The van der Waals surface area contributed by atoms with Crippen LogP contribution < -0.4 is 16.0 Å². The van der Waals surface area contributed by atoms with E-state index in [9.17, 15) is 4.79 Å². The molecule has 1 amide bonds. The van der Waals surface area contributed by atoms with E-state index in [0.29, 0.717) is 12.2 Å². The molecule has 2 aromatic heterocycles. The second-order valence-electron chi connectivity index (χ2n) is 6.21. The number of amides is 1. The van der Waals surface area contributed by atoms with Gasteiger partial charge in [-0.3, -0.25) is 4.79 Å². The Kier molecular flexibility index (Phi) is 9.20. The molecule has 0 fully saturated rings. The molecule has 154 valence electrons. The number of thiophene rings is 1. The lowest BCUT2D eigenvalue weighted by molar-refractivity contribution is 0.0996. The molecule has 8 heteroatoms. The summed E-state index contributed by atoms with van der Waals surface area (Å²) >= 11 is 1.74. The van der Waals surface area contributed by atoms with Crippen LogP contribution in [0.5, 0.6) is 0 Å². The molecule has 0 saturated carbocycles. The number of rotatable bonds is 7. The minimum absolute atomic E-state index is 0. The van der Waals surface area contributed by atoms with Crippen LogP contribution >= 0.6 is 35.3 Å². The van der Waals surface area contributed by atoms with E-state index in [0.717, 1.165) is 24.6 Å². The van der Waals surface area contributed by atoms with Gasteiger partial charge < -0.3 is 20.4 Å². The zero-order chi connectivity index (χ0) is 19.8. The first-order chi connectivity index (χ1) is 13.7. The number of aryl methyl sites for hydroxylation is 1. The monoisotopic (exact) mass is 524 g/mol. The number of hydrogen-bond donors (Lipinski definition) is 3. The smallest absolute Gasteiger partial charge is 0.291 e. The van der Waals surface area contributed by atoms with Gasteiger partial charge in [0.1, 0.15) is 0 Å². The molecular weight excluding hydrogens is 499 g/mol. The number of halogens is 1. The first-order valence-electron chi connectivity index (χ1n) is 9.14. The Bertz CT molecular complexity index is 938. The Morgan fingerprint density at radius 2 is 2.03 bits per heavy atom. The van der Waals surface area contributed by atoms with Gasteiger partial charge in [-0.2, -0.15) is 0 Å². The number of furan rings is 1. The van der Waals surface area contributed by atoms with Crippen LogP contribution in [0.3, 0.4) is 0 Å². The Balaban J connectivity index is 0.00000300. The Morgan fingerprint density at radius 1 is 1.17 bits per heavy atom. The van der Waals surface area contributed by atoms with Gasteiger partial charge in [0.15, 0.2) is 11.7 Å². The van der Waals surface area contributed by atoms with Gasteiger partial charge in [0, 0.05) is 17.1 Å². The van der Waals surface area contributed by atoms with Gasteiger partial charge in [0.2, 0.25) is 0 Å². The highest BCUT2D eigenvalue weighted by Gasteiger charge is 2.09. The number of nitrogens with one attached hydrogen (secondary N) is 3. The van der Waals surface area contributed by atoms with Gasteiger partial charge in [-0.25, -0.2) is 4.99 Å². The predicted molar refractivity (Wildman–Crippen MR) is 129 cm³/mol. The van der Waals surface area contributed by atoms with Gasteiger partial charge in [-0.15, -0.1) is 35.3 Å². The minimum Gasteiger partial charge on any atom is -0.459 e. The third kappa shape index (κ3) is 6.90. The van der Waals surface area contributed by atoms with Gasteiger partial charge in [-0.05, 0) is 60.7 Å². The molecule has 1 aromatic carbocycles. The maximum absolute atomic E-state index is 12.1. The summed E-state index contributed by atoms with van der Waals surface area (Å²) in [5, 5.41) is 11.6. The molecule has 2 heterocycles. The number of carbonyl (C=O) groups excluding carboxylic acids is 1. The van der Waals surface area contributed by atoms with E-state index in [1.54, 1.807) is 23.5 Å². The highest BCUT2D eigenvalue weighted by molar-refractivity contribution is 14.0. The van der Waals surface area contributed by atoms with Gasteiger partial charge in [0.25, 0.3) is 5.91 Å². The lowest BCUT2D eigenvalue weighted by atomic mass is 10.2. The van der Waals surface area contributed by atoms with Crippen molar-refractivity contribution in [3.63, 3.8) is 0 Å². The van der Waals surface area contributed by atoms with Crippen molar-refractivity contribution in [2.75, 3.05) is 11.9 Å². The molecule has 3 aromatic rings. The molecular formula is C21H25IN4O2S. The minimum atomic E-state index is -0.271. The average Bonchev–Trinajstić information content (AvgIpc) is 3.36. The predicted octanol–water partition coefficient (Wildman–Crippen LogP) is 4.78. The average molecular weight is 524 g/mol. The normalized spacial score (nSPS) is 10.9. The van der Waals surface area contributed by atoms with Crippen molar-refractivity contribution in [3.05, 3.63) is 75.9 Å². The zero-order valence-corrected chi connectivity index (χ0v) is 19.5. The summed E-state index contributed by atoms with van der Waals surface area (Å²) < 4.78 is 5.12. The van der Waals surface area contributed by atoms with Gasteiger partial charge in [0.05, 0.1) is 19.4 Å². The fraction of sp³-hybridized carbons (Fsp3) is 0.238. The summed E-state index contributed by atoms with van der Waals surface area (Å²) in [7, 11) is 0. The van der Waals surface area contributed by atoms with Crippen LogP contribution in [0, 0.1) is 6.92 Å². The van der Waals surface area contributed by atoms with Crippen LogP contribution in [0.4, 0.5) is 5.69 Å². The third-order valence-corrected chi connectivity index (χ3v) is 5.10. The molecule has 0 aliphatic carbocycles.